The van der Waals surface area contributed by atoms with Crippen molar-refractivity contribution in [3.05, 3.63) is 23.8 Å². The van der Waals surface area contributed by atoms with Crippen LogP contribution in [0.4, 0.5) is 0 Å². The number of benzene rings is 1. The lowest BCUT2D eigenvalue weighted by atomic mass is 9.85. The Hall–Kier alpha value is -1.22. The van der Waals surface area contributed by atoms with Crippen molar-refractivity contribution in [2.24, 2.45) is 5.92 Å². The first-order valence-electron chi connectivity index (χ1n) is 6.54. The van der Waals surface area contributed by atoms with Crippen LogP contribution in [0.5, 0.6) is 11.5 Å². The van der Waals surface area contributed by atoms with Crippen LogP contribution in [0, 0.1) is 5.92 Å². The predicted molar refractivity (Wildman–Crippen MR) is 75.7 cm³/mol. The third kappa shape index (κ3) is 3.39. The van der Waals surface area contributed by atoms with Crippen molar-refractivity contribution in [3.63, 3.8) is 0 Å². The second kappa shape index (κ2) is 7.27. The summed E-state index contributed by atoms with van der Waals surface area (Å²) in [6.07, 6.45) is 1.17. The number of hydrogen-bond donors (Lipinski definition) is 1. The van der Waals surface area contributed by atoms with Gasteiger partial charge in [-0.3, -0.25) is 0 Å². The number of ether oxygens (including phenoxy) is 2. The van der Waals surface area contributed by atoms with Crippen LogP contribution in [-0.2, 0) is 0 Å². The lowest BCUT2D eigenvalue weighted by Gasteiger charge is -2.24. The highest BCUT2D eigenvalue weighted by atomic mass is 16.5. The summed E-state index contributed by atoms with van der Waals surface area (Å²) in [5, 5.41) is 3.28. The van der Waals surface area contributed by atoms with Gasteiger partial charge in [-0.05, 0) is 36.6 Å². The van der Waals surface area contributed by atoms with Crippen molar-refractivity contribution in [1.82, 2.24) is 5.32 Å². The SMILES string of the molecule is CCC(C)C(CNC)c1ccc(OC)c(OC)c1. The summed E-state index contributed by atoms with van der Waals surface area (Å²) < 4.78 is 10.7. The maximum absolute atomic E-state index is 5.37. The molecular formula is C15H25NO2. The average Bonchev–Trinajstić information content (AvgIpc) is 2.43. The van der Waals surface area contributed by atoms with Crippen molar-refractivity contribution in [2.45, 2.75) is 26.2 Å². The first kappa shape index (κ1) is 14.8. The highest BCUT2D eigenvalue weighted by Gasteiger charge is 2.18. The summed E-state index contributed by atoms with van der Waals surface area (Å²) in [4.78, 5) is 0. The zero-order valence-electron chi connectivity index (χ0n) is 12.1. The summed E-state index contributed by atoms with van der Waals surface area (Å²) in [7, 11) is 5.34. The van der Waals surface area contributed by atoms with E-state index in [1.807, 2.05) is 13.1 Å². The minimum Gasteiger partial charge on any atom is -0.493 e. The summed E-state index contributed by atoms with van der Waals surface area (Å²) in [5.41, 5.74) is 1.30. The molecule has 102 valence electrons. The van der Waals surface area contributed by atoms with E-state index in [9.17, 15) is 0 Å². The molecule has 0 aliphatic heterocycles. The summed E-state index contributed by atoms with van der Waals surface area (Å²) in [6, 6.07) is 6.21. The van der Waals surface area contributed by atoms with Crippen molar-refractivity contribution < 1.29 is 9.47 Å². The molecule has 0 spiro atoms. The van der Waals surface area contributed by atoms with E-state index in [1.165, 1.54) is 12.0 Å². The van der Waals surface area contributed by atoms with Crippen LogP contribution in [0.15, 0.2) is 18.2 Å². The number of rotatable bonds is 7. The minimum atomic E-state index is 0.500. The van der Waals surface area contributed by atoms with Crippen molar-refractivity contribution >= 4 is 0 Å². The fourth-order valence-electron chi connectivity index (χ4n) is 2.24. The van der Waals surface area contributed by atoms with Crippen LogP contribution in [0.3, 0.4) is 0 Å². The standard InChI is InChI=1S/C15H25NO2/c1-6-11(2)13(10-16-3)12-7-8-14(17-4)15(9-12)18-5/h7-9,11,13,16H,6,10H2,1-5H3. The van der Waals surface area contributed by atoms with Crippen molar-refractivity contribution in [3.8, 4) is 11.5 Å². The van der Waals surface area contributed by atoms with Gasteiger partial charge in [0.15, 0.2) is 11.5 Å². The number of hydrogen-bond acceptors (Lipinski definition) is 3. The first-order valence-corrected chi connectivity index (χ1v) is 6.54. The fraction of sp³-hybridized carbons (Fsp3) is 0.600. The topological polar surface area (TPSA) is 30.5 Å². The number of likely N-dealkylation sites (N-methyl/N-ethyl adjacent to an activating group) is 1. The van der Waals surface area contributed by atoms with E-state index in [-0.39, 0.29) is 0 Å². The Bertz CT molecular complexity index is 366. The fourth-order valence-corrected chi connectivity index (χ4v) is 2.24. The van der Waals surface area contributed by atoms with Gasteiger partial charge in [0.25, 0.3) is 0 Å². The monoisotopic (exact) mass is 251 g/mol. The second-order valence-electron chi connectivity index (χ2n) is 4.66. The Morgan fingerprint density at radius 3 is 2.33 bits per heavy atom. The Kier molecular flexibility index (Phi) is 5.99. The van der Waals surface area contributed by atoms with Gasteiger partial charge in [0.2, 0.25) is 0 Å². The van der Waals surface area contributed by atoms with E-state index in [0.29, 0.717) is 11.8 Å². The molecule has 2 unspecified atom stereocenters. The van der Waals surface area contributed by atoms with Crippen LogP contribution >= 0.6 is 0 Å². The van der Waals surface area contributed by atoms with E-state index < -0.39 is 0 Å². The normalized spacial score (nSPS) is 14.1. The van der Waals surface area contributed by atoms with Crippen molar-refractivity contribution in [2.75, 3.05) is 27.8 Å². The van der Waals surface area contributed by atoms with Gasteiger partial charge < -0.3 is 14.8 Å². The molecule has 1 aromatic carbocycles. The molecule has 0 aromatic heterocycles. The Morgan fingerprint density at radius 1 is 1.17 bits per heavy atom. The zero-order chi connectivity index (χ0) is 13.5. The highest BCUT2D eigenvalue weighted by molar-refractivity contribution is 5.44. The molecule has 0 aliphatic rings. The van der Waals surface area contributed by atoms with Gasteiger partial charge in [0, 0.05) is 6.54 Å². The van der Waals surface area contributed by atoms with Gasteiger partial charge in [-0.1, -0.05) is 26.3 Å². The van der Waals surface area contributed by atoms with Gasteiger partial charge in [-0.25, -0.2) is 0 Å². The van der Waals surface area contributed by atoms with Gasteiger partial charge in [0.05, 0.1) is 14.2 Å². The van der Waals surface area contributed by atoms with E-state index in [2.05, 4.69) is 31.3 Å². The van der Waals surface area contributed by atoms with Gasteiger partial charge >= 0.3 is 0 Å². The third-order valence-corrected chi connectivity index (χ3v) is 3.59. The molecule has 1 rings (SSSR count). The Balaban J connectivity index is 3.04. The molecule has 0 heterocycles. The zero-order valence-corrected chi connectivity index (χ0v) is 12.1. The molecule has 0 fully saturated rings. The first-order chi connectivity index (χ1) is 8.67. The molecule has 3 heteroatoms. The maximum atomic E-state index is 5.37. The third-order valence-electron chi connectivity index (χ3n) is 3.59. The quantitative estimate of drug-likeness (QED) is 0.808. The summed E-state index contributed by atoms with van der Waals surface area (Å²) in [6.45, 7) is 5.50. The molecule has 0 radical (unpaired) electrons. The lowest BCUT2D eigenvalue weighted by molar-refractivity contribution is 0.352. The Morgan fingerprint density at radius 2 is 1.83 bits per heavy atom. The maximum Gasteiger partial charge on any atom is 0.160 e. The molecule has 0 aliphatic carbocycles. The largest absolute Gasteiger partial charge is 0.493 e. The second-order valence-corrected chi connectivity index (χ2v) is 4.66. The Labute approximate surface area is 110 Å². The van der Waals surface area contributed by atoms with Crippen LogP contribution < -0.4 is 14.8 Å². The highest BCUT2D eigenvalue weighted by Crippen LogP contribution is 2.33. The predicted octanol–water partition coefficient (Wildman–Crippen LogP) is 3.05. The molecule has 18 heavy (non-hydrogen) atoms. The minimum absolute atomic E-state index is 0.500. The molecule has 0 saturated heterocycles. The van der Waals surface area contributed by atoms with Crippen LogP contribution in [0.2, 0.25) is 0 Å². The molecule has 1 aromatic rings. The molecule has 1 N–H and O–H groups in total. The van der Waals surface area contributed by atoms with Gasteiger partial charge in [-0.2, -0.15) is 0 Å². The van der Waals surface area contributed by atoms with Crippen molar-refractivity contribution in [1.29, 1.82) is 0 Å². The van der Waals surface area contributed by atoms with Crippen LogP contribution in [0.25, 0.3) is 0 Å². The molecule has 2 atom stereocenters. The van der Waals surface area contributed by atoms with E-state index in [1.54, 1.807) is 14.2 Å². The van der Waals surface area contributed by atoms with Gasteiger partial charge in [-0.15, -0.1) is 0 Å². The average molecular weight is 251 g/mol. The molecule has 3 nitrogen and oxygen atoms in total. The van der Waals surface area contributed by atoms with Crippen LogP contribution in [0.1, 0.15) is 31.7 Å². The summed E-state index contributed by atoms with van der Waals surface area (Å²) >= 11 is 0. The number of methoxy groups -OCH3 is 2. The number of nitrogens with one attached hydrogen (secondary N) is 1. The van der Waals surface area contributed by atoms with E-state index in [4.69, 9.17) is 9.47 Å². The molecule has 0 amide bonds. The summed E-state index contributed by atoms with van der Waals surface area (Å²) in [5.74, 6) is 2.73. The van der Waals surface area contributed by atoms with Gasteiger partial charge in [0.1, 0.15) is 0 Å². The lowest BCUT2D eigenvalue weighted by Crippen LogP contribution is -2.22. The molecule has 0 saturated carbocycles. The van der Waals surface area contributed by atoms with E-state index >= 15 is 0 Å². The smallest absolute Gasteiger partial charge is 0.160 e. The van der Waals surface area contributed by atoms with E-state index in [0.717, 1.165) is 18.0 Å². The molecule has 0 bridgehead atoms. The van der Waals surface area contributed by atoms with Crippen LogP contribution in [-0.4, -0.2) is 27.8 Å². The molecular weight excluding hydrogens is 226 g/mol.